The van der Waals surface area contributed by atoms with Crippen LogP contribution >= 0.6 is 0 Å². The molecule has 1 heterocycles. The van der Waals surface area contributed by atoms with Gasteiger partial charge >= 0.3 is 11.9 Å². The fraction of sp³-hybridized carbons (Fsp3) is 0.316. The lowest BCUT2D eigenvalue weighted by atomic mass is 10.1. The van der Waals surface area contributed by atoms with Crippen LogP contribution in [0.25, 0.3) is 0 Å². The van der Waals surface area contributed by atoms with Crippen molar-refractivity contribution in [1.82, 2.24) is 4.98 Å². The molecule has 1 atom stereocenters. The van der Waals surface area contributed by atoms with Crippen molar-refractivity contribution in [2.45, 2.75) is 33.3 Å². The Bertz CT molecular complexity index is 772. The fourth-order valence-electron chi connectivity index (χ4n) is 2.43. The Balaban J connectivity index is 2.33. The van der Waals surface area contributed by atoms with E-state index in [0.717, 1.165) is 11.3 Å². The van der Waals surface area contributed by atoms with E-state index in [-0.39, 0.29) is 17.4 Å². The van der Waals surface area contributed by atoms with Crippen molar-refractivity contribution < 1.29 is 23.8 Å². The average molecular weight is 343 g/mol. The van der Waals surface area contributed by atoms with Gasteiger partial charge < -0.3 is 14.2 Å². The zero-order valence-electron chi connectivity index (χ0n) is 14.7. The third kappa shape index (κ3) is 4.56. The molecule has 0 spiro atoms. The lowest BCUT2D eigenvalue weighted by Crippen LogP contribution is -2.12. The summed E-state index contributed by atoms with van der Waals surface area (Å²) in [4.78, 5) is 27.5. The van der Waals surface area contributed by atoms with E-state index < -0.39 is 11.9 Å². The number of esters is 2. The third-order valence-electron chi connectivity index (χ3n) is 3.62. The third-order valence-corrected chi connectivity index (χ3v) is 3.62. The van der Waals surface area contributed by atoms with Crippen molar-refractivity contribution in [3.8, 4) is 11.5 Å². The van der Waals surface area contributed by atoms with E-state index >= 15 is 0 Å². The van der Waals surface area contributed by atoms with Gasteiger partial charge in [0.2, 0.25) is 0 Å². The number of hydrogen-bond donors (Lipinski definition) is 0. The summed E-state index contributed by atoms with van der Waals surface area (Å²) >= 11 is 0. The maximum absolute atomic E-state index is 11.8. The minimum absolute atomic E-state index is 0.101. The van der Waals surface area contributed by atoms with Gasteiger partial charge in [-0.2, -0.15) is 0 Å². The van der Waals surface area contributed by atoms with E-state index in [4.69, 9.17) is 14.2 Å². The van der Waals surface area contributed by atoms with E-state index in [2.05, 4.69) is 4.98 Å². The number of ether oxygens (including phenoxy) is 3. The van der Waals surface area contributed by atoms with Crippen LogP contribution in [0.5, 0.6) is 11.5 Å². The summed E-state index contributed by atoms with van der Waals surface area (Å²) in [5.74, 6) is -0.546. The van der Waals surface area contributed by atoms with Crippen molar-refractivity contribution in [1.29, 1.82) is 0 Å². The molecule has 0 aliphatic rings. The van der Waals surface area contributed by atoms with Gasteiger partial charge in [-0.15, -0.1) is 0 Å². The van der Waals surface area contributed by atoms with Crippen LogP contribution in [0, 0.1) is 6.92 Å². The normalized spacial score (nSPS) is 11.5. The number of hydrogen-bond acceptors (Lipinski definition) is 6. The van der Waals surface area contributed by atoms with Gasteiger partial charge in [-0.25, -0.2) is 4.79 Å². The number of rotatable bonds is 6. The lowest BCUT2D eigenvalue weighted by Gasteiger charge is -2.19. The van der Waals surface area contributed by atoms with Gasteiger partial charge in [0.15, 0.2) is 0 Å². The first-order chi connectivity index (χ1) is 12.0. The molecule has 2 aromatic rings. The summed E-state index contributed by atoms with van der Waals surface area (Å²) in [5.41, 5.74) is 2.03. The van der Waals surface area contributed by atoms with Gasteiger partial charge in [-0.05, 0) is 37.1 Å². The summed E-state index contributed by atoms with van der Waals surface area (Å²) < 4.78 is 15.8. The molecule has 2 rings (SSSR count). The Kier molecular flexibility index (Phi) is 6.11. The van der Waals surface area contributed by atoms with Gasteiger partial charge in [0.05, 0.1) is 12.8 Å². The first-order valence-corrected chi connectivity index (χ1v) is 7.95. The lowest BCUT2D eigenvalue weighted by molar-refractivity contribution is -0.131. The summed E-state index contributed by atoms with van der Waals surface area (Å²) in [7, 11) is 1.27. The van der Waals surface area contributed by atoms with Crippen molar-refractivity contribution in [2.75, 3.05) is 7.11 Å². The zero-order valence-corrected chi connectivity index (χ0v) is 14.7. The second-order valence-corrected chi connectivity index (χ2v) is 5.46. The van der Waals surface area contributed by atoms with Gasteiger partial charge in [-0.3, -0.25) is 9.78 Å². The molecule has 6 heteroatoms. The van der Waals surface area contributed by atoms with Gasteiger partial charge in [0.1, 0.15) is 23.2 Å². The fourth-order valence-corrected chi connectivity index (χ4v) is 2.43. The van der Waals surface area contributed by atoms with Crippen LogP contribution in [0.15, 0.2) is 36.5 Å². The van der Waals surface area contributed by atoms with Crippen LogP contribution < -0.4 is 9.47 Å². The predicted octanol–water partition coefficient (Wildman–Crippen LogP) is 3.63. The molecular weight excluding hydrogens is 322 g/mol. The number of carbonyl (C=O) groups is 2. The number of pyridine rings is 1. The molecule has 0 aliphatic carbocycles. The molecule has 0 bridgehead atoms. The number of benzene rings is 1. The monoisotopic (exact) mass is 343 g/mol. The number of aryl methyl sites for hydroxylation is 1. The molecule has 25 heavy (non-hydrogen) atoms. The highest BCUT2D eigenvalue weighted by Crippen LogP contribution is 2.30. The van der Waals surface area contributed by atoms with Crippen LogP contribution in [-0.4, -0.2) is 24.0 Å². The average Bonchev–Trinajstić information content (AvgIpc) is 2.59. The topological polar surface area (TPSA) is 74.7 Å². The molecule has 0 saturated heterocycles. The highest BCUT2D eigenvalue weighted by atomic mass is 16.5. The minimum Gasteiger partial charge on any atom is -0.484 e. The molecule has 0 saturated carbocycles. The molecule has 1 aromatic heterocycles. The van der Waals surface area contributed by atoms with Crippen LogP contribution in [0.2, 0.25) is 0 Å². The molecule has 1 aromatic carbocycles. The van der Waals surface area contributed by atoms with Crippen molar-refractivity contribution in [2.24, 2.45) is 0 Å². The molecule has 0 amide bonds. The maximum Gasteiger partial charge on any atom is 0.341 e. The van der Waals surface area contributed by atoms with E-state index in [1.807, 2.05) is 26.0 Å². The molecule has 0 fully saturated rings. The summed E-state index contributed by atoms with van der Waals surface area (Å²) in [6.45, 7) is 5.23. The molecule has 0 aliphatic heterocycles. The smallest absolute Gasteiger partial charge is 0.341 e. The first kappa shape index (κ1) is 18.4. The van der Waals surface area contributed by atoms with Crippen LogP contribution in [0.3, 0.4) is 0 Å². The Morgan fingerprint density at radius 1 is 1.24 bits per heavy atom. The van der Waals surface area contributed by atoms with Gasteiger partial charge in [0, 0.05) is 19.2 Å². The molecule has 0 N–H and O–H groups in total. The van der Waals surface area contributed by atoms with E-state index in [1.54, 1.807) is 12.3 Å². The van der Waals surface area contributed by atoms with E-state index in [1.165, 1.54) is 26.2 Å². The van der Waals surface area contributed by atoms with Gasteiger partial charge in [-0.1, -0.05) is 13.0 Å². The Morgan fingerprint density at radius 3 is 2.60 bits per heavy atom. The van der Waals surface area contributed by atoms with Crippen LogP contribution in [0.1, 0.15) is 48.0 Å². The van der Waals surface area contributed by atoms with Crippen LogP contribution in [0.4, 0.5) is 0 Å². The number of carbonyl (C=O) groups excluding carboxylic acids is 2. The quantitative estimate of drug-likeness (QED) is 0.589. The van der Waals surface area contributed by atoms with E-state index in [0.29, 0.717) is 12.2 Å². The van der Waals surface area contributed by atoms with Crippen LogP contribution in [-0.2, 0) is 9.53 Å². The van der Waals surface area contributed by atoms with Crippen molar-refractivity contribution in [3.63, 3.8) is 0 Å². The minimum atomic E-state index is -0.588. The molecular formula is C19H21NO5. The predicted molar refractivity (Wildman–Crippen MR) is 91.7 cm³/mol. The maximum atomic E-state index is 11.8. The number of aromatic nitrogens is 1. The standard InChI is InChI=1S/C19H21NO5/c1-5-16(18-12(2)7-6-10-20-18)25-14-8-9-15(19(22)23-4)17(11-14)24-13(3)21/h6-11,16H,5H2,1-4H3. The summed E-state index contributed by atoms with van der Waals surface area (Å²) in [6.07, 6.45) is 2.17. The van der Waals surface area contributed by atoms with Crippen molar-refractivity contribution in [3.05, 3.63) is 53.3 Å². The van der Waals surface area contributed by atoms with Crippen molar-refractivity contribution >= 4 is 11.9 Å². The highest BCUT2D eigenvalue weighted by Gasteiger charge is 2.19. The van der Waals surface area contributed by atoms with E-state index in [9.17, 15) is 9.59 Å². The number of methoxy groups -OCH3 is 1. The Hall–Kier alpha value is -2.89. The number of nitrogens with zero attached hydrogens (tertiary/aromatic N) is 1. The highest BCUT2D eigenvalue weighted by molar-refractivity contribution is 5.93. The summed E-state index contributed by atoms with van der Waals surface area (Å²) in [5, 5.41) is 0. The molecule has 0 radical (unpaired) electrons. The second-order valence-electron chi connectivity index (χ2n) is 5.46. The van der Waals surface area contributed by atoms with Gasteiger partial charge in [0.25, 0.3) is 0 Å². The SMILES string of the molecule is CCC(Oc1ccc(C(=O)OC)c(OC(C)=O)c1)c1ncccc1C. The Labute approximate surface area is 146 Å². The Morgan fingerprint density at radius 2 is 2.00 bits per heavy atom. The first-order valence-electron chi connectivity index (χ1n) is 7.95. The molecule has 132 valence electrons. The zero-order chi connectivity index (χ0) is 18.4. The largest absolute Gasteiger partial charge is 0.484 e. The second kappa shape index (κ2) is 8.28. The summed E-state index contributed by atoms with van der Waals surface area (Å²) in [6, 6.07) is 8.50. The molecule has 1 unspecified atom stereocenters. The molecule has 6 nitrogen and oxygen atoms in total.